The quantitative estimate of drug-likeness (QED) is 0.699. The second-order valence-corrected chi connectivity index (χ2v) is 7.52. The lowest BCUT2D eigenvalue weighted by molar-refractivity contribution is -0.139. The van der Waals surface area contributed by atoms with Gasteiger partial charge in [0.05, 0.1) is 25.1 Å². The lowest BCUT2D eigenvalue weighted by atomic mass is 9.81. The van der Waals surface area contributed by atoms with Crippen LogP contribution in [-0.2, 0) is 20.9 Å². The van der Waals surface area contributed by atoms with Gasteiger partial charge in [-0.05, 0) is 30.9 Å². The Kier molecular flexibility index (Phi) is 12.3. The molecule has 4 atom stereocenters. The van der Waals surface area contributed by atoms with Gasteiger partial charge in [-0.25, -0.2) is 0 Å². The van der Waals surface area contributed by atoms with Crippen LogP contribution in [0.25, 0.3) is 0 Å². The van der Waals surface area contributed by atoms with Crippen molar-refractivity contribution in [1.29, 1.82) is 0 Å². The monoisotopic (exact) mass is 428 g/mol. The fourth-order valence-corrected chi connectivity index (χ4v) is 3.87. The molecule has 2 aliphatic heterocycles. The van der Waals surface area contributed by atoms with Crippen molar-refractivity contribution < 1.29 is 14.3 Å². The van der Waals surface area contributed by atoms with E-state index in [0.717, 1.165) is 18.5 Å². The van der Waals surface area contributed by atoms with Gasteiger partial charge in [0, 0.05) is 6.04 Å². The van der Waals surface area contributed by atoms with Gasteiger partial charge in [-0.1, -0.05) is 51.6 Å². The minimum Gasteiger partial charge on any atom is -0.366 e. The van der Waals surface area contributed by atoms with Gasteiger partial charge in [0.1, 0.15) is 6.10 Å². The largest absolute Gasteiger partial charge is 0.366 e. The molecule has 1 aromatic rings. The van der Waals surface area contributed by atoms with Crippen LogP contribution in [0.4, 0.5) is 0 Å². The van der Waals surface area contributed by atoms with E-state index in [2.05, 4.69) is 24.5 Å². The average Bonchev–Trinajstić information content (AvgIpc) is 3.00. The van der Waals surface area contributed by atoms with Gasteiger partial charge < -0.3 is 15.4 Å². The molecular weight excluding hydrogens is 392 g/mol. The van der Waals surface area contributed by atoms with Crippen molar-refractivity contribution in [3.05, 3.63) is 35.9 Å². The number of fused-ring (bicyclic) bond motifs is 1. The van der Waals surface area contributed by atoms with E-state index in [9.17, 15) is 9.59 Å². The molecule has 0 bridgehead atoms. The van der Waals surface area contributed by atoms with Gasteiger partial charge in [-0.2, -0.15) is 27.0 Å². The first-order valence-corrected chi connectivity index (χ1v) is 9.25. The normalized spacial score (nSPS) is 24.4. The number of carbonyl (C=O) groups excluding carboxylic acids is 2. The summed E-state index contributed by atoms with van der Waals surface area (Å²) in [7, 11) is 0. The van der Waals surface area contributed by atoms with Crippen molar-refractivity contribution in [3.8, 4) is 0 Å². The Morgan fingerprint density at radius 1 is 1.18 bits per heavy atom. The summed E-state index contributed by atoms with van der Waals surface area (Å²) in [6, 6.07) is 9.58. The number of rotatable bonds is 7. The Morgan fingerprint density at radius 3 is 2.50 bits per heavy atom. The minimum atomic E-state index is -0.482. The molecule has 0 spiro atoms. The summed E-state index contributed by atoms with van der Waals surface area (Å²) >= 11 is 0. The minimum absolute atomic E-state index is 0. The maximum Gasteiger partial charge on any atom is 0.179 e. The third-order valence-electron chi connectivity index (χ3n) is 5.13. The van der Waals surface area contributed by atoms with E-state index >= 15 is 0 Å². The van der Waals surface area contributed by atoms with E-state index in [-0.39, 0.29) is 57.9 Å². The molecule has 28 heavy (non-hydrogen) atoms. The molecule has 0 amide bonds. The molecule has 5 nitrogen and oxygen atoms in total. The Bertz CT molecular complexity index is 613. The number of piperidine rings is 1. The zero-order valence-corrected chi connectivity index (χ0v) is 18.0. The lowest BCUT2D eigenvalue weighted by Crippen LogP contribution is -2.57. The molecule has 0 aromatic heterocycles. The smallest absolute Gasteiger partial charge is 0.179 e. The van der Waals surface area contributed by atoms with Gasteiger partial charge in [0.2, 0.25) is 0 Å². The van der Waals surface area contributed by atoms with Crippen molar-refractivity contribution >= 4 is 38.6 Å². The molecule has 0 aliphatic carbocycles. The Balaban J connectivity index is 0.00000243. The number of Topliss-reactive ketones (excluding diaryl/α,β-unsaturated/α-hetero) is 2. The molecule has 2 N–H and O–H groups in total. The highest BCUT2D eigenvalue weighted by atomic mass is 32.1. The van der Waals surface area contributed by atoms with E-state index in [1.807, 2.05) is 30.3 Å². The number of ether oxygens (including phenoxy) is 1. The van der Waals surface area contributed by atoms with E-state index in [0.29, 0.717) is 25.5 Å². The van der Waals surface area contributed by atoms with Crippen LogP contribution in [-0.4, -0.2) is 42.8 Å². The molecule has 2 aliphatic rings. The van der Waals surface area contributed by atoms with Gasteiger partial charge in [-0.15, -0.1) is 0 Å². The highest BCUT2D eigenvalue weighted by molar-refractivity contribution is 7.59. The molecule has 2 saturated heterocycles. The summed E-state index contributed by atoms with van der Waals surface area (Å²) in [5.74, 6) is 0.260. The van der Waals surface area contributed by atoms with Crippen LogP contribution in [0.1, 0.15) is 39.7 Å². The average molecular weight is 429 g/mol. The summed E-state index contributed by atoms with van der Waals surface area (Å²) < 4.78 is 6.02. The molecule has 160 valence electrons. The number of hydrogen-bond acceptors (Lipinski definition) is 5. The van der Waals surface area contributed by atoms with E-state index < -0.39 is 12.1 Å². The molecular formula is C21H36N2O3S2. The topological polar surface area (TPSA) is 67.4 Å². The first-order chi connectivity index (χ1) is 12.1. The zero-order valence-electron chi connectivity index (χ0n) is 16.0. The van der Waals surface area contributed by atoms with Crippen LogP contribution in [0.15, 0.2) is 30.3 Å². The van der Waals surface area contributed by atoms with E-state index in [4.69, 9.17) is 4.74 Å². The second-order valence-electron chi connectivity index (χ2n) is 7.52. The van der Waals surface area contributed by atoms with Crippen LogP contribution in [0.2, 0.25) is 0 Å². The predicted molar refractivity (Wildman–Crippen MR) is 124 cm³/mol. The molecule has 2 heterocycles. The number of hydrogen-bond donors (Lipinski definition) is 2. The highest BCUT2D eigenvalue weighted by Gasteiger charge is 2.46. The second kappa shape index (κ2) is 12.6. The number of benzene rings is 1. The van der Waals surface area contributed by atoms with Crippen molar-refractivity contribution in [2.24, 2.45) is 11.8 Å². The SMILES string of the molecule is C.CC(C)C[C@H](OCc1ccccc1)C(=O)C1NCC[C@H]2NCC(=O)[C@@H]12.S.S. The lowest BCUT2D eigenvalue weighted by Gasteiger charge is -2.34. The Labute approximate surface area is 183 Å². The van der Waals surface area contributed by atoms with Crippen LogP contribution >= 0.6 is 27.0 Å². The molecule has 7 heteroatoms. The standard InChI is InChI=1S/C20H28N2O3.CH4.2H2S/c1-13(2)10-17(25-12-14-6-4-3-5-7-14)20(24)19-18-15(8-9-21-19)22-11-16(18)23;;;/h3-7,13,15,17-19,21-22H,8-12H2,1-2H3;1H4;2*1H2/t15-,17+,18+,19?;;;/m1.../s1. The zero-order chi connectivity index (χ0) is 17.8. The van der Waals surface area contributed by atoms with Gasteiger partial charge in [0.15, 0.2) is 11.6 Å². The predicted octanol–water partition coefficient (Wildman–Crippen LogP) is 2.57. The third-order valence-corrected chi connectivity index (χ3v) is 5.13. The first-order valence-electron chi connectivity index (χ1n) is 9.25. The number of nitrogens with one attached hydrogen (secondary N) is 2. The molecule has 0 radical (unpaired) electrons. The van der Waals surface area contributed by atoms with Crippen molar-refractivity contribution in [3.63, 3.8) is 0 Å². The maximum atomic E-state index is 13.2. The van der Waals surface area contributed by atoms with Gasteiger partial charge >= 0.3 is 0 Å². The summed E-state index contributed by atoms with van der Waals surface area (Å²) in [6.07, 6.45) is 1.08. The van der Waals surface area contributed by atoms with Crippen LogP contribution < -0.4 is 10.6 Å². The Hall–Kier alpha value is -0.860. The summed E-state index contributed by atoms with van der Waals surface area (Å²) in [5.41, 5.74) is 1.05. The number of carbonyl (C=O) groups is 2. The van der Waals surface area contributed by atoms with Gasteiger partial charge in [0.25, 0.3) is 0 Å². The Morgan fingerprint density at radius 2 is 1.86 bits per heavy atom. The van der Waals surface area contributed by atoms with Crippen LogP contribution in [0.5, 0.6) is 0 Å². The molecule has 1 unspecified atom stereocenters. The maximum absolute atomic E-state index is 13.2. The fraction of sp³-hybridized carbons (Fsp3) is 0.619. The van der Waals surface area contributed by atoms with Crippen molar-refractivity contribution in [2.45, 2.75) is 58.9 Å². The first kappa shape index (κ1) is 27.1. The van der Waals surface area contributed by atoms with Crippen LogP contribution in [0.3, 0.4) is 0 Å². The highest BCUT2D eigenvalue weighted by Crippen LogP contribution is 2.26. The summed E-state index contributed by atoms with van der Waals surface area (Å²) in [5, 5.41) is 6.53. The summed E-state index contributed by atoms with van der Waals surface area (Å²) in [6.45, 7) is 5.72. The third kappa shape index (κ3) is 6.59. The van der Waals surface area contributed by atoms with E-state index in [1.165, 1.54) is 0 Å². The fourth-order valence-electron chi connectivity index (χ4n) is 3.87. The molecule has 1 aromatic carbocycles. The van der Waals surface area contributed by atoms with Gasteiger partial charge in [-0.3, -0.25) is 9.59 Å². The van der Waals surface area contributed by atoms with Crippen molar-refractivity contribution in [2.75, 3.05) is 13.1 Å². The molecule has 0 saturated carbocycles. The van der Waals surface area contributed by atoms with E-state index in [1.54, 1.807) is 0 Å². The van der Waals surface area contributed by atoms with Crippen molar-refractivity contribution in [1.82, 2.24) is 10.6 Å². The number of ketones is 2. The summed E-state index contributed by atoms with van der Waals surface area (Å²) in [4.78, 5) is 25.4. The molecule has 2 fully saturated rings. The van der Waals surface area contributed by atoms with Crippen LogP contribution in [0, 0.1) is 11.8 Å². The molecule has 3 rings (SSSR count).